The molecule has 184 valence electrons. The Hall–Kier alpha value is -3.36. The predicted molar refractivity (Wildman–Crippen MR) is 130 cm³/mol. The Morgan fingerprint density at radius 1 is 0.857 bits per heavy atom. The molecule has 0 aliphatic carbocycles. The number of Topliss-reactive ketones (excluding diaryl/α,β-unsaturated/α-hetero) is 1. The van der Waals surface area contributed by atoms with Gasteiger partial charge in [0.2, 0.25) is 5.91 Å². The Morgan fingerprint density at radius 2 is 1.37 bits per heavy atom. The molecule has 35 heavy (non-hydrogen) atoms. The second-order valence-electron chi connectivity index (χ2n) is 9.08. The molecule has 0 unspecified atom stereocenters. The molecule has 3 aromatic rings. The van der Waals surface area contributed by atoms with Crippen LogP contribution in [0.25, 0.3) is 0 Å². The zero-order valence-corrected chi connectivity index (χ0v) is 20.0. The molecule has 1 aliphatic heterocycles. The minimum Gasteiger partial charge on any atom is -0.368 e. The number of hydrogen-bond donors (Lipinski definition) is 1. The maximum Gasteiger partial charge on any atom is 0.237 e. The van der Waals surface area contributed by atoms with Gasteiger partial charge in [-0.25, -0.2) is 8.78 Å². The minimum absolute atomic E-state index is 0.0101. The van der Waals surface area contributed by atoms with Gasteiger partial charge in [-0.15, -0.1) is 0 Å². The van der Waals surface area contributed by atoms with Crippen LogP contribution >= 0.6 is 0 Å². The monoisotopic (exact) mass is 480 g/mol. The number of amides is 1. The van der Waals surface area contributed by atoms with Crippen LogP contribution in [0.5, 0.6) is 0 Å². The van der Waals surface area contributed by atoms with Gasteiger partial charge >= 0.3 is 0 Å². The molecule has 1 aliphatic rings. The van der Waals surface area contributed by atoms with Crippen molar-refractivity contribution in [3.63, 3.8) is 0 Å². The molecular weight excluding hydrogens is 450 g/mol. The maximum atomic E-state index is 13.6. The molecule has 8 heteroatoms. The van der Waals surface area contributed by atoms with Gasteiger partial charge in [0.05, 0.1) is 12.6 Å². The molecule has 4 rings (SSSR count). The van der Waals surface area contributed by atoms with Crippen molar-refractivity contribution in [2.45, 2.75) is 26.4 Å². The second-order valence-corrected chi connectivity index (χ2v) is 9.08. The second kappa shape index (κ2) is 10.5. The molecule has 2 N–H and O–H groups in total. The fourth-order valence-electron chi connectivity index (χ4n) is 4.85. The Balaban J connectivity index is 1.45. The lowest BCUT2D eigenvalue weighted by Gasteiger charge is -2.39. The number of primary amides is 1. The average molecular weight is 481 g/mol. The third-order valence-corrected chi connectivity index (χ3v) is 6.70. The van der Waals surface area contributed by atoms with Crippen molar-refractivity contribution in [3.8, 4) is 0 Å². The lowest BCUT2D eigenvalue weighted by atomic mass is 9.96. The van der Waals surface area contributed by atoms with E-state index >= 15 is 0 Å². The number of carbonyl (C=O) groups excluding carboxylic acids is 2. The minimum atomic E-state index is -0.446. The van der Waals surface area contributed by atoms with E-state index in [0.717, 1.165) is 22.5 Å². The summed E-state index contributed by atoms with van der Waals surface area (Å²) in [5.41, 5.74) is 9.40. The van der Waals surface area contributed by atoms with Crippen molar-refractivity contribution in [1.29, 1.82) is 0 Å². The van der Waals surface area contributed by atoms with E-state index in [2.05, 4.69) is 9.80 Å². The standard InChI is InChI=1S/C27H30F2N4O2/c1-18-15-24(19(2)33(18)17-26(30)35)25(34)16-31-11-13-32(14-12-31)27(20-3-7-22(28)8-4-20)21-5-9-23(29)10-6-21/h3-10,15,27H,11-14,16-17H2,1-2H3,(H2,30,35). The molecule has 0 bridgehead atoms. The molecule has 2 heterocycles. The number of rotatable bonds is 8. The number of ketones is 1. The molecule has 2 aromatic carbocycles. The molecular formula is C27H30F2N4O2. The van der Waals surface area contributed by atoms with Gasteiger partial charge in [-0.05, 0) is 55.3 Å². The normalized spacial score (nSPS) is 15.0. The Morgan fingerprint density at radius 3 is 1.86 bits per heavy atom. The van der Waals surface area contributed by atoms with Crippen molar-refractivity contribution in [1.82, 2.24) is 14.4 Å². The van der Waals surface area contributed by atoms with Crippen molar-refractivity contribution >= 4 is 11.7 Å². The van der Waals surface area contributed by atoms with E-state index in [0.29, 0.717) is 31.7 Å². The number of halogens is 2. The van der Waals surface area contributed by atoms with Gasteiger partial charge in [-0.3, -0.25) is 19.4 Å². The fraction of sp³-hybridized carbons (Fsp3) is 0.333. The predicted octanol–water partition coefficient (Wildman–Crippen LogP) is 3.46. The van der Waals surface area contributed by atoms with E-state index in [1.165, 1.54) is 24.3 Å². The van der Waals surface area contributed by atoms with Crippen molar-refractivity contribution in [2.24, 2.45) is 5.73 Å². The number of carbonyl (C=O) groups is 2. The topological polar surface area (TPSA) is 71.6 Å². The highest BCUT2D eigenvalue weighted by Gasteiger charge is 2.28. The number of piperazine rings is 1. The number of aryl methyl sites for hydroxylation is 1. The quantitative estimate of drug-likeness (QED) is 0.502. The summed E-state index contributed by atoms with van der Waals surface area (Å²) in [6, 6.07) is 14.5. The van der Waals surface area contributed by atoms with Crippen molar-refractivity contribution in [3.05, 3.63) is 94.3 Å². The summed E-state index contributed by atoms with van der Waals surface area (Å²) in [5.74, 6) is -1.04. The van der Waals surface area contributed by atoms with Gasteiger partial charge in [0.25, 0.3) is 0 Å². The molecule has 0 saturated carbocycles. The van der Waals surface area contributed by atoms with Gasteiger partial charge < -0.3 is 10.3 Å². The Kier molecular flexibility index (Phi) is 7.42. The van der Waals surface area contributed by atoms with Crippen LogP contribution in [0, 0.1) is 25.5 Å². The van der Waals surface area contributed by atoms with Crippen LogP contribution in [0.1, 0.15) is 38.9 Å². The first kappa shape index (κ1) is 24.8. The summed E-state index contributed by atoms with van der Waals surface area (Å²) in [5, 5.41) is 0. The van der Waals surface area contributed by atoms with Gasteiger partial charge in [0, 0.05) is 43.1 Å². The highest BCUT2D eigenvalue weighted by Crippen LogP contribution is 2.30. The highest BCUT2D eigenvalue weighted by molar-refractivity contribution is 5.99. The van der Waals surface area contributed by atoms with Crippen LogP contribution in [0.3, 0.4) is 0 Å². The average Bonchev–Trinajstić information content (AvgIpc) is 3.11. The molecule has 0 spiro atoms. The third kappa shape index (κ3) is 5.66. The van der Waals surface area contributed by atoms with Crippen LogP contribution in [0.15, 0.2) is 54.6 Å². The highest BCUT2D eigenvalue weighted by atomic mass is 19.1. The zero-order valence-electron chi connectivity index (χ0n) is 20.0. The van der Waals surface area contributed by atoms with Crippen LogP contribution in [-0.4, -0.2) is 58.8 Å². The Bertz CT molecular complexity index is 1150. The van der Waals surface area contributed by atoms with Crippen LogP contribution in [0.2, 0.25) is 0 Å². The number of benzene rings is 2. The van der Waals surface area contributed by atoms with Gasteiger partial charge in [0.1, 0.15) is 18.2 Å². The maximum absolute atomic E-state index is 13.6. The summed E-state index contributed by atoms with van der Waals surface area (Å²) in [4.78, 5) is 28.8. The molecule has 0 atom stereocenters. The molecule has 1 fully saturated rings. The summed E-state index contributed by atoms with van der Waals surface area (Å²) >= 11 is 0. The lowest BCUT2D eigenvalue weighted by Crippen LogP contribution is -2.49. The molecule has 1 aromatic heterocycles. The first-order chi connectivity index (χ1) is 16.7. The molecule has 6 nitrogen and oxygen atoms in total. The third-order valence-electron chi connectivity index (χ3n) is 6.70. The zero-order chi connectivity index (χ0) is 25.1. The molecule has 1 amide bonds. The van der Waals surface area contributed by atoms with Crippen molar-refractivity contribution in [2.75, 3.05) is 32.7 Å². The lowest BCUT2D eigenvalue weighted by molar-refractivity contribution is -0.118. The van der Waals surface area contributed by atoms with Gasteiger partial charge in [-0.2, -0.15) is 0 Å². The van der Waals surface area contributed by atoms with Crippen LogP contribution in [-0.2, 0) is 11.3 Å². The number of nitrogens with zero attached hydrogens (tertiary/aromatic N) is 3. The smallest absolute Gasteiger partial charge is 0.237 e. The van der Waals surface area contributed by atoms with Gasteiger partial charge in [-0.1, -0.05) is 24.3 Å². The van der Waals surface area contributed by atoms with E-state index in [9.17, 15) is 18.4 Å². The summed E-state index contributed by atoms with van der Waals surface area (Å²) in [6.45, 7) is 6.80. The largest absolute Gasteiger partial charge is 0.368 e. The van der Waals surface area contributed by atoms with E-state index in [1.54, 1.807) is 28.8 Å². The van der Waals surface area contributed by atoms with E-state index in [-0.39, 0.29) is 36.5 Å². The molecule has 1 saturated heterocycles. The van der Waals surface area contributed by atoms with E-state index < -0.39 is 5.91 Å². The first-order valence-electron chi connectivity index (χ1n) is 11.7. The molecule has 0 radical (unpaired) electrons. The first-order valence-corrected chi connectivity index (χ1v) is 11.7. The summed E-state index contributed by atoms with van der Waals surface area (Å²) in [7, 11) is 0. The summed E-state index contributed by atoms with van der Waals surface area (Å²) < 4.78 is 28.9. The fourth-order valence-corrected chi connectivity index (χ4v) is 4.85. The number of hydrogen-bond acceptors (Lipinski definition) is 4. The van der Waals surface area contributed by atoms with Crippen molar-refractivity contribution < 1.29 is 18.4 Å². The number of aromatic nitrogens is 1. The summed E-state index contributed by atoms with van der Waals surface area (Å²) in [6.07, 6.45) is 0. The van der Waals surface area contributed by atoms with Crippen LogP contribution < -0.4 is 5.73 Å². The van der Waals surface area contributed by atoms with Crippen LogP contribution in [0.4, 0.5) is 8.78 Å². The van der Waals surface area contributed by atoms with E-state index in [1.807, 2.05) is 19.9 Å². The SMILES string of the molecule is Cc1cc(C(=O)CN2CCN(C(c3ccc(F)cc3)c3ccc(F)cc3)CC2)c(C)n1CC(N)=O. The Labute approximate surface area is 203 Å². The van der Waals surface area contributed by atoms with E-state index in [4.69, 9.17) is 5.73 Å². The van der Waals surface area contributed by atoms with Gasteiger partial charge in [0.15, 0.2) is 5.78 Å². The number of nitrogens with two attached hydrogens (primary N) is 1.